The molecule has 0 amide bonds. The molecule has 0 atom stereocenters. The molecule has 0 radical (unpaired) electrons. The molecule has 2 heteroatoms. The highest BCUT2D eigenvalue weighted by molar-refractivity contribution is 5.69. The van der Waals surface area contributed by atoms with E-state index in [0.29, 0.717) is 13.0 Å². The summed E-state index contributed by atoms with van der Waals surface area (Å²) >= 11 is 0. The van der Waals surface area contributed by atoms with E-state index in [-0.39, 0.29) is 16.8 Å². The van der Waals surface area contributed by atoms with Crippen molar-refractivity contribution < 1.29 is 9.53 Å². The third kappa shape index (κ3) is 4.67. The minimum absolute atomic E-state index is 0.0296. The Morgan fingerprint density at radius 1 is 1.00 bits per heavy atom. The summed E-state index contributed by atoms with van der Waals surface area (Å²) in [6, 6.07) is 0. The molecular formula is C13H24O2. The van der Waals surface area contributed by atoms with Crippen LogP contribution in [0.2, 0.25) is 0 Å². The molecule has 1 aliphatic heterocycles. The van der Waals surface area contributed by atoms with Crippen LogP contribution in [-0.2, 0) is 9.53 Å². The smallest absolute Gasteiger partial charge is 0.305 e. The molecule has 2 nitrogen and oxygen atoms in total. The number of rotatable bonds is 0. The summed E-state index contributed by atoms with van der Waals surface area (Å²) in [5, 5.41) is 0. The van der Waals surface area contributed by atoms with E-state index in [1.54, 1.807) is 0 Å². The Kier molecular flexibility index (Phi) is 3.80. The summed E-state index contributed by atoms with van der Waals surface area (Å²) < 4.78 is 5.29. The van der Waals surface area contributed by atoms with Crippen molar-refractivity contribution in [2.24, 2.45) is 10.8 Å². The molecule has 0 saturated carbocycles. The third-order valence-electron chi connectivity index (χ3n) is 3.34. The second-order valence-corrected chi connectivity index (χ2v) is 6.34. The average molecular weight is 212 g/mol. The summed E-state index contributed by atoms with van der Waals surface area (Å²) in [5.74, 6) is -0.0296. The van der Waals surface area contributed by atoms with Gasteiger partial charge in [-0.05, 0) is 30.1 Å². The minimum Gasteiger partial charge on any atom is -0.465 e. The topological polar surface area (TPSA) is 26.3 Å². The normalized spacial score (nSPS) is 26.8. The zero-order chi connectivity index (χ0) is 11.5. The summed E-state index contributed by atoms with van der Waals surface area (Å²) in [6.45, 7) is 9.42. The van der Waals surface area contributed by atoms with E-state index in [9.17, 15) is 4.79 Å². The molecule has 0 aromatic heterocycles. The molecule has 1 saturated heterocycles. The van der Waals surface area contributed by atoms with Crippen LogP contribution in [0.25, 0.3) is 0 Å². The number of carbonyl (C=O) groups is 1. The van der Waals surface area contributed by atoms with Crippen LogP contribution in [0, 0.1) is 10.8 Å². The molecule has 1 heterocycles. The second kappa shape index (κ2) is 4.54. The molecule has 0 unspecified atom stereocenters. The Balaban J connectivity index is 2.60. The summed E-state index contributed by atoms with van der Waals surface area (Å²) in [6.07, 6.45) is 5.11. The zero-order valence-corrected chi connectivity index (χ0v) is 10.6. The molecule has 1 rings (SSSR count). The summed E-state index contributed by atoms with van der Waals surface area (Å²) in [4.78, 5) is 11.5. The molecule has 0 spiro atoms. The number of cyclic esters (lactones) is 1. The van der Waals surface area contributed by atoms with E-state index in [4.69, 9.17) is 4.74 Å². The van der Waals surface area contributed by atoms with Crippen molar-refractivity contribution in [1.29, 1.82) is 0 Å². The average Bonchev–Trinajstić information content (AvgIpc) is 2.10. The first kappa shape index (κ1) is 12.5. The van der Waals surface area contributed by atoms with Gasteiger partial charge >= 0.3 is 5.97 Å². The second-order valence-electron chi connectivity index (χ2n) is 6.34. The highest BCUT2D eigenvalue weighted by atomic mass is 16.5. The zero-order valence-electron chi connectivity index (χ0n) is 10.6. The lowest BCUT2D eigenvalue weighted by atomic mass is 9.79. The van der Waals surface area contributed by atoms with Crippen LogP contribution >= 0.6 is 0 Å². The van der Waals surface area contributed by atoms with Crippen LogP contribution in [0.3, 0.4) is 0 Å². The van der Waals surface area contributed by atoms with E-state index in [1.165, 1.54) is 12.8 Å². The van der Waals surface area contributed by atoms with Crippen molar-refractivity contribution in [2.45, 2.75) is 59.8 Å². The van der Waals surface area contributed by atoms with Crippen molar-refractivity contribution in [1.82, 2.24) is 0 Å². The van der Waals surface area contributed by atoms with E-state index in [0.717, 1.165) is 12.8 Å². The van der Waals surface area contributed by atoms with Gasteiger partial charge in [0, 0.05) is 6.42 Å². The lowest BCUT2D eigenvalue weighted by Crippen LogP contribution is -2.25. The number of carbonyl (C=O) groups excluding carboxylic acids is 1. The lowest BCUT2D eigenvalue weighted by Gasteiger charge is -2.30. The molecule has 0 aromatic carbocycles. The Morgan fingerprint density at radius 3 is 2.27 bits per heavy atom. The first-order chi connectivity index (χ1) is 6.81. The molecule has 88 valence electrons. The van der Waals surface area contributed by atoms with Crippen molar-refractivity contribution in [3.63, 3.8) is 0 Å². The maximum absolute atomic E-state index is 11.5. The fourth-order valence-electron chi connectivity index (χ4n) is 2.03. The number of ether oxygens (including phenoxy) is 1. The van der Waals surface area contributed by atoms with E-state index in [2.05, 4.69) is 27.7 Å². The summed E-state index contributed by atoms with van der Waals surface area (Å²) in [5.41, 5.74) is 0.426. The van der Waals surface area contributed by atoms with Crippen LogP contribution in [0.5, 0.6) is 0 Å². The third-order valence-corrected chi connectivity index (χ3v) is 3.34. The van der Waals surface area contributed by atoms with Gasteiger partial charge in [0.15, 0.2) is 0 Å². The number of esters is 1. The molecular weight excluding hydrogens is 188 g/mol. The Morgan fingerprint density at radius 2 is 1.60 bits per heavy atom. The molecule has 0 aliphatic carbocycles. The Hall–Kier alpha value is -0.530. The van der Waals surface area contributed by atoms with Gasteiger partial charge in [-0.1, -0.05) is 34.1 Å². The fourth-order valence-corrected chi connectivity index (χ4v) is 2.03. The van der Waals surface area contributed by atoms with E-state index < -0.39 is 0 Å². The van der Waals surface area contributed by atoms with Crippen molar-refractivity contribution in [2.75, 3.05) is 6.61 Å². The van der Waals surface area contributed by atoms with Gasteiger partial charge in [0.25, 0.3) is 0 Å². The maximum Gasteiger partial charge on any atom is 0.305 e. The van der Waals surface area contributed by atoms with Crippen molar-refractivity contribution in [3.8, 4) is 0 Å². The van der Waals surface area contributed by atoms with Crippen LogP contribution < -0.4 is 0 Å². The highest BCUT2D eigenvalue weighted by Crippen LogP contribution is 2.34. The molecule has 1 aliphatic rings. The van der Waals surface area contributed by atoms with E-state index in [1.807, 2.05) is 0 Å². The number of hydrogen-bond donors (Lipinski definition) is 0. The Bertz CT molecular complexity index is 207. The molecule has 0 aromatic rings. The first-order valence-electron chi connectivity index (χ1n) is 5.96. The predicted molar refractivity (Wildman–Crippen MR) is 61.6 cm³/mol. The van der Waals surface area contributed by atoms with Crippen LogP contribution in [-0.4, -0.2) is 12.6 Å². The standard InChI is InChI=1S/C13H24O2/c1-12(2)7-5-8-13(3,4)10-15-11(14)6-9-12/h5-10H2,1-4H3. The Labute approximate surface area is 93.4 Å². The van der Waals surface area contributed by atoms with Gasteiger partial charge < -0.3 is 4.74 Å². The molecule has 0 N–H and O–H groups in total. The highest BCUT2D eigenvalue weighted by Gasteiger charge is 2.26. The van der Waals surface area contributed by atoms with Gasteiger partial charge in [-0.2, -0.15) is 0 Å². The predicted octanol–water partition coefficient (Wildman–Crippen LogP) is 3.55. The van der Waals surface area contributed by atoms with Crippen LogP contribution in [0.15, 0.2) is 0 Å². The van der Waals surface area contributed by atoms with E-state index >= 15 is 0 Å². The van der Waals surface area contributed by atoms with Crippen LogP contribution in [0.4, 0.5) is 0 Å². The molecule has 0 bridgehead atoms. The summed E-state index contributed by atoms with van der Waals surface area (Å²) in [7, 11) is 0. The van der Waals surface area contributed by atoms with Gasteiger partial charge in [0.2, 0.25) is 0 Å². The van der Waals surface area contributed by atoms with Crippen molar-refractivity contribution >= 4 is 5.97 Å². The minimum atomic E-state index is -0.0296. The van der Waals surface area contributed by atoms with Crippen LogP contribution in [0.1, 0.15) is 59.8 Å². The largest absolute Gasteiger partial charge is 0.465 e. The molecule has 15 heavy (non-hydrogen) atoms. The van der Waals surface area contributed by atoms with Gasteiger partial charge in [-0.15, -0.1) is 0 Å². The maximum atomic E-state index is 11.5. The lowest BCUT2D eigenvalue weighted by molar-refractivity contribution is -0.148. The van der Waals surface area contributed by atoms with Crippen molar-refractivity contribution in [3.05, 3.63) is 0 Å². The van der Waals surface area contributed by atoms with Gasteiger partial charge in [0.1, 0.15) is 0 Å². The molecule has 1 fully saturated rings. The monoisotopic (exact) mass is 212 g/mol. The fraction of sp³-hybridized carbons (Fsp3) is 0.923. The SMILES string of the molecule is CC1(C)CCCC(C)(C)COC(=O)CC1. The van der Waals surface area contributed by atoms with Gasteiger partial charge in [-0.3, -0.25) is 4.79 Å². The van der Waals surface area contributed by atoms with Gasteiger partial charge in [-0.25, -0.2) is 0 Å². The quantitative estimate of drug-likeness (QED) is 0.574. The first-order valence-corrected chi connectivity index (χ1v) is 5.96. The number of hydrogen-bond acceptors (Lipinski definition) is 2. The van der Waals surface area contributed by atoms with Gasteiger partial charge in [0.05, 0.1) is 6.61 Å².